The molecule has 3 heterocycles. The van der Waals surface area contributed by atoms with Gasteiger partial charge in [0.1, 0.15) is 16.6 Å². The number of aliphatic hydroxyl groups excluding tert-OH is 1. The fraction of sp³-hybridized carbons (Fsp3) is 0.739. The fourth-order valence-electron chi connectivity index (χ4n) is 4.13. The number of aliphatic hydroxyl groups is 1. The summed E-state index contributed by atoms with van der Waals surface area (Å²) < 4.78 is 6.09. The van der Waals surface area contributed by atoms with Crippen molar-refractivity contribution in [2.24, 2.45) is 11.1 Å². The molecule has 0 bridgehead atoms. The average Bonchev–Trinajstić information content (AvgIpc) is 3.32. The molecular weight excluding hydrogens is 446 g/mol. The summed E-state index contributed by atoms with van der Waals surface area (Å²) in [6.45, 7) is 3.67. The van der Waals surface area contributed by atoms with E-state index in [1.807, 2.05) is 31.6 Å². The van der Waals surface area contributed by atoms with Crippen LogP contribution in [-0.4, -0.2) is 52.1 Å². The van der Waals surface area contributed by atoms with E-state index in [0.29, 0.717) is 31.0 Å². The number of carbonyl (C=O) groups excluding carboxylic acids is 2. The van der Waals surface area contributed by atoms with E-state index in [-0.39, 0.29) is 35.3 Å². The Morgan fingerprint density at radius 2 is 2.06 bits per heavy atom. The molecule has 5 N–H and O–H groups in total. The Balaban J connectivity index is 1.69. The maximum Gasteiger partial charge on any atom is 0.306 e. The van der Waals surface area contributed by atoms with Crippen molar-refractivity contribution in [3.63, 3.8) is 0 Å². The zero-order chi connectivity index (χ0) is 23.3. The van der Waals surface area contributed by atoms with Crippen LogP contribution < -0.4 is 16.4 Å². The lowest BCUT2D eigenvalue weighted by Gasteiger charge is -2.25. The predicted molar refractivity (Wildman–Crippen MR) is 131 cm³/mol. The smallest absolute Gasteiger partial charge is 0.306 e. The number of ketones is 1. The van der Waals surface area contributed by atoms with Gasteiger partial charge in [0.15, 0.2) is 0 Å². The van der Waals surface area contributed by atoms with Crippen molar-refractivity contribution < 1.29 is 19.4 Å². The molecule has 0 radical (unpaired) electrons. The number of rotatable bonds is 3. The number of esters is 1. The highest BCUT2D eigenvalue weighted by molar-refractivity contribution is 8.18. The zero-order valence-corrected chi connectivity index (χ0v) is 20.9. The van der Waals surface area contributed by atoms with Gasteiger partial charge in [0.25, 0.3) is 0 Å². The molecular formula is C23H37N3O4S2. The van der Waals surface area contributed by atoms with Crippen molar-refractivity contribution in [3.05, 3.63) is 22.9 Å². The van der Waals surface area contributed by atoms with Crippen LogP contribution in [0.15, 0.2) is 22.9 Å². The minimum absolute atomic E-state index is 0.00938. The third kappa shape index (κ3) is 7.43. The molecule has 3 aliphatic rings. The Morgan fingerprint density at radius 3 is 2.78 bits per heavy atom. The summed E-state index contributed by atoms with van der Waals surface area (Å²) in [6, 6.07) is 0.657. The topological polar surface area (TPSA) is 124 Å². The van der Waals surface area contributed by atoms with E-state index in [1.54, 1.807) is 23.5 Å². The van der Waals surface area contributed by atoms with Crippen LogP contribution in [0.25, 0.3) is 0 Å². The summed E-state index contributed by atoms with van der Waals surface area (Å²) in [6.07, 6.45) is 7.63. The summed E-state index contributed by atoms with van der Waals surface area (Å²) in [7, 11) is 0. The van der Waals surface area contributed by atoms with Crippen LogP contribution in [0.5, 0.6) is 0 Å². The monoisotopic (exact) mass is 483 g/mol. The molecule has 32 heavy (non-hydrogen) atoms. The molecule has 7 nitrogen and oxygen atoms in total. The number of nitrogens with one attached hydrogen (secondary N) is 2. The number of nitrogens with two attached hydrogens (primary N) is 1. The number of allylic oxidation sites excluding steroid dienone is 1. The highest BCUT2D eigenvalue weighted by Gasteiger charge is 2.39. The minimum atomic E-state index is -0.681. The first-order chi connectivity index (χ1) is 15.2. The first kappa shape index (κ1) is 25.5. The first-order valence-electron chi connectivity index (χ1n) is 11.5. The predicted octanol–water partition coefficient (Wildman–Crippen LogP) is 3.00. The molecule has 2 saturated heterocycles. The number of cyclic esters (lactones) is 1. The van der Waals surface area contributed by atoms with Crippen LogP contribution in [0, 0.1) is 5.41 Å². The molecule has 0 amide bonds. The van der Waals surface area contributed by atoms with E-state index < -0.39 is 17.6 Å². The van der Waals surface area contributed by atoms with Gasteiger partial charge in [-0.05, 0) is 37.0 Å². The Labute approximate surface area is 199 Å². The van der Waals surface area contributed by atoms with E-state index in [4.69, 9.17) is 10.5 Å². The maximum atomic E-state index is 12.7. The largest absolute Gasteiger partial charge is 0.456 e. The lowest BCUT2D eigenvalue weighted by Crippen LogP contribution is -2.31. The van der Waals surface area contributed by atoms with Crippen LogP contribution in [0.1, 0.15) is 65.2 Å². The molecule has 9 heteroatoms. The molecule has 3 rings (SSSR count). The second-order valence-electron chi connectivity index (χ2n) is 9.61. The van der Waals surface area contributed by atoms with E-state index in [2.05, 4.69) is 10.6 Å². The third-order valence-corrected chi connectivity index (χ3v) is 8.70. The van der Waals surface area contributed by atoms with Gasteiger partial charge in [0.05, 0.1) is 11.8 Å². The second kappa shape index (κ2) is 11.3. The number of ether oxygens (including phenoxy) is 1. The number of hydrogen-bond donors (Lipinski definition) is 4. The van der Waals surface area contributed by atoms with Crippen LogP contribution in [-0.2, 0) is 14.3 Å². The third-order valence-electron chi connectivity index (χ3n) is 6.49. The highest BCUT2D eigenvalue weighted by Crippen LogP contribution is 2.31. The van der Waals surface area contributed by atoms with Gasteiger partial charge in [0, 0.05) is 42.5 Å². The number of hydrogen-bond acceptors (Lipinski definition) is 9. The molecule has 0 saturated carbocycles. The number of fused-ring (bicyclic) bond motifs is 1. The Morgan fingerprint density at radius 1 is 1.31 bits per heavy atom. The van der Waals surface area contributed by atoms with Crippen molar-refractivity contribution in [2.45, 2.75) is 94.2 Å². The molecule has 0 aromatic heterocycles. The first-order valence-corrected chi connectivity index (χ1v) is 13.7. The Bertz CT molecular complexity index is 756. The van der Waals surface area contributed by atoms with E-state index in [1.165, 1.54) is 0 Å². The Kier molecular flexibility index (Phi) is 9.00. The molecule has 0 aromatic rings. The molecule has 5 atom stereocenters. The zero-order valence-electron chi connectivity index (χ0n) is 19.3. The molecule has 3 aliphatic heterocycles. The molecule has 180 valence electrons. The standard InChI is InChI=1S/C23H37N3O4S2/c1-23(2)9-8-21(29)30-19(16(24)10-14-13-32-22(25-14)31-3)12-18-17(26-18)7-5-4-6-15(27)11-20(23)28/h10,13,15,17-19,22,25-27H,4-9,11-12,24H2,1-3H3/b16-10-. The van der Waals surface area contributed by atoms with Gasteiger partial charge < -0.3 is 26.2 Å². The lowest BCUT2D eigenvalue weighted by atomic mass is 9.80. The van der Waals surface area contributed by atoms with Gasteiger partial charge in [0.2, 0.25) is 0 Å². The van der Waals surface area contributed by atoms with Crippen molar-refractivity contribution >= 4 is 35.3 Å². The van der Waals surface area contributed by atoms with Crippen molar-refractivity contribution in [3.8, 4) is 0 Å². The van der Waals surface area contributed by atoms with Gasteiger partial charge in [-0.3, -0.25) is 9.59 Å². The molecule has 5 unspecified atom stereocenters. The van der Waals surface area contributed by atoms with Crippen LogP contribution >= 0.6 is 23.5 Å². The Hall–Kier alpha value is -1.16. The van der Waals surface area contributed by atoms with E-state index in [9.17, 15) is 14.7 Å². The van der Waals surface area contributed by atoms with E-state index >= 15 is 0 Å². The minimum Gasteiger partial charge on any atom is -0.456 e. The number of thioether (sulfide) groups is 2. The van der Waals surface area contributed by atoms with Crippen LogP contribution in [0.4, 0.5) is 0 Å². The van der Waals surface area contributed by atoms with Gasteiger partial charge in [-0.2, -0.15) is 0 Å². The summed E-state index contributed by atoms with van der Waals surface area (Å²) in [5, 5.41) is 19.1. The summed E-state index contributed by atoms with van der Waals surface area (Å²) in [5.41, 5.74) is 7.19. The highest BCUT2D eigenvalue weighted by atomic mass is 32.2. The van der Waals surface area contributed by atoms with Crippen LogP contribution in [0.3, 0.4) is 0 Å². The molecule has 0 aliphatic carbocycles. The molecule has 0 spiro atoms. The quantitative estimate of drug-likeness (QED) is 0.354. The maximum absolute atomic E-state index is 12.7. The van der Waals surface area contributed by atoms with Gasteiger partial charge in [-0.25, -0.2) is 0 Å². The van der Waals surface area contributed by atoms with Gasteiger partial charge in [-0.15, -0.1) is 11.8 Å². The fourth-order valence-corrected chi connectivity index (χ4v) is 5.60. The van der Waals surface area contributed by atoms with Crippen molar-refractivity contribution in [1.29, 1.82) is 0 Å². The molecule has 0 aromatic carbocycles. The van der Waals surface area contributed by atoms with Gasteiger partial charge >= 0.3 is 5.97 Å². The SMILES string of the molecule is CSC1NC(/C=C(\N)C2CC3NC3CCCCC(O)CC(=O)C(C)(C)CCC(=O)O2)=CS1. The number of Topliss-reactive ketones (excluding diaryl/α,β-unsaturated/α-hetero) is 1. The summed E-state index contributed by atoms with van der Waals surface area (Å²) >= 11 is 3.41. The van der Waals surface area contributed by atoms with Gasteiger partial charge in [-0.1, -0.05) is 38.5 Å². The van der Waals surface area contributed by atoms with Crippen molar-refractivity contribution in [1.82, 2.24) is 10.6 Å². The average molecular weight is 484 g/mol. The van der Waals surface area contributed by atoms with Crippen molar-refractivity contribution in [2.75, 3.05) is 6.26 Å². The number of carbonyl (C=O) groups is 2. The summed E-state index contributed by atoms with van der Waals surface area (Å²) in [4.78, 5) is 25.3. The van der Waals surface area contributed by atoms with Crippen LogP contribution in [0.2, 0.25) is 0 Å². The summed E-state index contributed by atoms with van der Waals surface area (Å²) in [5.74, 6) is -0.355. The lowest BCUT2D eigenvalue weighted by molar-refractivity contribution is -0.148. The van der Waals surface area contributed by atoms with E-state index in [0.717, 1.165) is 25.0 Å². The molecule has 2 fully saturated rings. The normalized spacial score (nSPS) is 34.8. The second-order valence-corrected chi connectivity index (χ2v) is 11.8.